The molecule has 0 atom stereocenters. The maximum atomic E-state index is 12.2. The van der Waals surface area contributed by atoms with Crippen LogP contribution in [0.25, 0.3) is 0 Å². The first-order chi connectivity index (χ1) is 9.99. The van der Waals surface area contributed by atoms with Crippen LogP contribution in [0, 0.1) is 6.92 Å². The Morgan fingerprint density at radius 1 is 1.33 bits per heavy atom. The second kappa shape index (κ2) is 6.25. The van der Waals surface area contributed by atoms with E-state index in [1.165, 1.54) is 11.0 Å². The van der Waals surface area contributed by atoms with Crippen LogP contribution in [0.1, 0.15) is 22.3 Å². The number of carboxylic acids is 1. The van der Waals surface area contributed by atoms with Gasteiger partial charge in [-0.15, -0.1) is 0 Å². The number of carbonyl (C=O) groups excluding carboxylic acids is 2. The summed E-state index contributed by atoms with van der Waals surface area (Å²) in [6.07, 6.45) is 0.265. The van der Waals surface area contributed by atoms with Crippen molar-refractivity contribution in [2.24, 2.45) is 0 Å². The fourth-order valence-corrected chi connectivity index (χ4v) is 2.17. The SMILES string of the molecule is Cc1c(NC(=O)N2CCNC(=O)CC2)cccc1C(=O)O. The van der Waals surface area contributed by atoms with Crippen LogP contribution in [-0.2, 0) is 4.79 Å². The molecule has 2 rings (SSSR count). The molecule has 1 heterocycles. The summed E-state index contributed by atoms with van der Waals surface area (Å²) in [4.78, 5) is 36.0. The molecular formula is C14H17N3O4. The summed E-state index contributed by atoms with van der Waals surface area (Å²) >= 11 is 0. The lowest BCUT2D eigenvalue weighted by Crippen LogP contribution is -2.37. The van der Waals surface area contributed by atoms with Gasteiger partial charge in [-0.3, -0.25) is 4.79 Å². The minimum Gasteiger partial charge on any atom is -0.478 e. The van der Waals surface area contributed by atoms with Crippen LogP contribution in [0.2, 0.25) is 0 Å². The zero-order valence-corrected chi connectivity index (χ0v) is 11.7. The number of amides is 3. The van der Waals surface area contributed by atoms with Crippen molar-refractivity contribution >= 4 is 23.6 Å². The highest BCUT2D eigenvalue weighted by molar-refractivity contribution is 5.95. The number of nitrogens with one attached hydrogen (secondary N) is 2. The van der Waals surface area contributed by atoms with Crippen LogP contribution in [0.5, 0.6) is 0 Å². The van der Waals surface area contributed by atoms with Crippen LogP contribution in [0.15, 0.2) is 18.2 Å². The van der Waals surface area contributed by atoms with Crippen molar-refractivity contribution in [3.63, 3.8) is 0 Å². The van der Waals surface area contributed by atoms with E-state index in [1.807, 2.05) is 0 Å². The topological polar surface area (TPSA) is 98.7 Å². The summed E-state index contributed by atoms with van der Waals surface area (Å²) in [5.41, 5.74) is 1.12. The summed E-state index contributed by atoms with van der Waals surface area (Å²) in [6, 6.07) is 4.39. The van der Waals surface area contributed by atoms with E-state index in [4.69, 9.17) is 5.11 Å². The zero-order valence-electron chi connectivity index (χ0n) is 11.7. The maximum Gasteiger partial charge on any atom is 0.336 e. The number of hydrogen-bond donors (Lipinski definition) is 3. The molecule has 1 aliphatic rings. The number of nitrogens with zero attached hydrogens (tertiary/aromatic N) is 1. The van der Waals surface area contributed by atoms with Gasteiger partial charge in [0.15, 0.2) is 0 Å². The van der Waals surface area contributed by atoms with E-state index in [2.05, 4.69) is 10.6 Å². The van der Waals surface area contributed by atoms with Gasteiger partial charge in [0.2, 0.25) is 5.91 Å². The Kier molecular flexibility index (Phi) is 4.42. The van der Waals surface area contributed by atoms with Crippen molar-refractivity contribution in [1.29, 1.82) is 0 Å². The molecule has 0 unspecified atom stereocenters. The van der Waals surface area contributed by atoms with E-state index in [0.717, 1.165) is 0 Å². The Morgan fingerprint density at radius 2 is 2.10 bits per heavy atom. The molecule has 1 aromatic rings. The standard InChI is InChI=1S/C14H17N3O4/c1-9-10(13(19)20)3-2-4-11(9)16-14(21)17-7-5-12(18)15-6-8-17/h2-4H,5-8H2,1H3,(H,15,18)(H,16,21)(H,19,20). The number of aromatic carboxylic acids is 1. The molecule has 1 saturated heterocycles. The van der Waals surface area contributed by atoms with Crippen LogP contribution in [0.3, 0.4) is 0 Å². The molecular weight excluding hydrogens is 274 g/mol. The number of carbonyl (C=O) groups is 3. The van der Waals surface area contributed by atoms with Crippen molar-refractivity contribution < 1.29 is 19.5 Å². The molecule has 0 saturated carbocycles. The van der Waals surface area contributed by atoms with Gasteiger partial charge >= 0.3 is 12.0 Å². The molecule has 0 aromatic heterocycles. The number of hydrogen-bond acceptors (Lipinski definition) is 3. The second-order valence-electron chi connectivity index (χ2n) is 4.80. The smallest absolute Gasteiger partial charge is 0.336 e. The molecule has 0 spiro atoms. The third kappa shape index (κ3) is 3.50. The van der Waals surface area contributed by atoms with Crippen molar-refractivity contribution in [1.82, 2.24) is 10.2 Å². The average molecular weight is 291 g/mol. The molecule has 0 radical (unpaired) electrons. The molecule has 1 aromatic carbocycles. The highest BCUT2D eigenvalue weighted by atomic mass is 16.4. The lowest BCUT2D eigenvalue weighted by Gasteiger charge is -2.21. The number of urea groups is 1. The van der Waals surface area contributed by atoms with Gasteiger partial charge in [-0.1, -0.05) is 6.07 Å². The minimum absolute atomic E-state index is 0.0747. The molecule has 112 valence electrons. The second-order valence-corrected chi connectivity index (χ2v) is 4.80. The maximum absolute atomic E-state index is 12.2. The third-order valence-electron chi connectivity index (χ3n) is 3.41. The van der Waals surface area contributed by atoms with Gasteiger partial charge in [0.25, 0.3) is 0 Å². The van der Waals surface area contributed by atoms with Gasteiger partial charge in [0, 0.05) is 31.7 Å². The molecule has 0 aliphatic carbocycles. The van der Waals surface area contributed by atoms with Crippen molar-refractivity contribution in [3.05, 3.63) is 29.3 Å². The summed E-state index contributed by atoms with van der Waals surface area (Å²) in [5.74, 6) is -1.11. The van der Waals surface area contributed by atoms with Crippen LogP contribution in [-0.4, -0.2) is 47.5 Å². The first-order valence-electron chi connectivity index (χ1n) is 6.64. The minimum atomic E-state index is -1.03. The Morgan fingerprint density at radius 3 is 2.81 bits per heavy atom. The number of benzene rings is 1. The van der Waals surface area contributed by atoms with Crippen LogP contribution >= 0.6 is 0 Å². The predicted molar refractivity (Wildman–Crippen MR) is 76.4 cm³/mol. The average Bonchev–Trinajstić information content (AvgIpc) is 2.65. The molecule has 7 heteroatoms. The largest absolute Gasteiger partial charge is 0.478 e. The number of anilines is 1. The van der Waals surface area contributed by atoms with E-state index in [0.29, 0.717) is 30.9 Å². The number of carboxylic acid groups (broad SMARTS) is 1. The Bertz CT molecular complexity index is 586. The molecule has 3 N–H and O–H groups in total. The van der Waals surface area contributed by atoms with Crippen molar-refractivity contribution in [2.45, 2.75) is 13.3 Å². The Labute approximate surface area is 121 Å². The van der Waals surface area contributed by atoms with E-state index in [9.17, 15) is 14.4 Å². The number of rotatable bonds is 2. The first kappa shape index (κ1) is 14.8. The highest BCUT2D eigenvalue weighted by Crippen LogP contribution is 2.19. The monoisotopic (exact) mass is 291 g/mol. The quantitative estimate of drug-likeness (QED) is 0.758. The zero-order chi connectivity index (χ0) is 15.4. The normalized spacial score (nSPS) is 15.1. The van der Waals surface area contributed by atoms with Crippen molar-refractivity contribution in [3.8, 4) is 0 Å². The Hall–Kier alpha value is -2.57. The molecule has 0 bridgehead atoms. The van der Waals surface area contributed by atoms with E-state index in [1.54, 1.807) is 19.1 Å². The van der Waals surface area contributed by atoms with E-state index < -0.39 is 5.97 Å². The Balaban J connectivity index is 2.11. The molecule has 1 aliphatic heterocycles. The summed E-state index contributed by atoms with van der Waals surface area (Å²) < 4.78 is 0. The molecule has 1 fully saturated rings. The lowest BCUT2D eigenvalue weighted by atomic mass is 10.1. The third-order valence-corrected chi connectivity index (χ3v) is 3.41. The predicted octanol–water partition coefficient (Wildman–Crippen LogP) is 1.05. The van der Waals surface area contributed by atoms with Gasteiger partial charge in [-0.05, 0) is 24.6 Å². The summed E-state index contributed by atoms with van der Waals surface area (Å²) in [5, 5.41) is 14.5. The van der Waals surface area contributed by atoms with E-state index in [-0.39, 0.29) is 23.9 Å². The lowest BCUT2D eigenvalue weighted by molar-refractivity contribution is -0.120. The summed E-state index contributed by atoms with van der Waals surface area (Å²) in [7, 11) is 0. The van der Waals surface area contributed by atoms with Gasteiger partial charge < -0.3 is 20.6 Å². The molecule has 7 nitrogen and oxygen atoms in total. The fourth-order valence-electron chi connectivity index (χ4n) is 2.17. The first-order valence-corrected chi connectivity index (χ1v) is 6.64. The van der Waals surface area contributed by atoms with Gasteiger partial charge in [-0.25, -0.2) is 9.59 Å². The fraction of sp³-hybridized carbons (Fsp3) is 0.357. The summed E-state index contributed by atoms with van der Waals surface area (Å²) in [6.45, 7) is 2.83. The highest BCUT2D eigenvalue weighted by Gasteiger charge is 2.19. The molecule has 21 heavy (non-hydrogen) atoms. The van der Waals surface area contributed by atoms with Gasteiger partial charge in [0.1, 0.15) is 0 Å². The van der Waals surface area contributed by atoms with E-state index >= 15 is 0 Å². The van der Waals surface area contributed by atoms with Crippen LogP contribution in [0.4, 0.5) is 10.5 Å². The van der Waals surface area contributed by atoms with Crippen LogP contribution < -0.4 is 10.6 Å². The molecule has 3 amide bonds. The van der Waals surface area contributed by atoms with Gasteiger partial charge in [-0.2, -0.15) is 0 Å². The van der Waals surface area contributed by atoms with Gasteiger partial charge in [0.05, 0.1) is 5.56 Å². The van der Waals surface area contributed by atoms with Crippen molar-refractivity contribution in [2.75, 3.05) is 25.0 Å².